The average Bonchev–Trinajstić information content (AvgIpc) is 2.82. The van der Waals surface area contributed by atoms with Crippen molar-refractivity contribution in [2.24, 2.45) is 0 Å². The van der Waals surface area contributed by atoms with E-state index in [2.05, 4.69) is 32.6 Å². The van der Waals surface area contributed by atoms with Crippen LogP contribution in [-0.4, -0.2) is 15.7 Å². The Hall–Kier alpha value is -1.86. The van der Waals surface area contributed by atoms with Crippen molar-refractivity contribution in [3.8, 4) is 11.8 Å². The van der Waals surface area contributed by atoms with Crippen molar-refractivity contribution in [1.82, 2.24) is 4.57 Å². The summed E-state index contributed by atoms with van der Waals surface area (Å²) in [4.78, 5) is 12.2. The maximum atomic E-state index is 12.2. The van der Waals surface area contributed by atoms with Crippen molar-refractivity contribution < 1.29 is 4.79 Å². The summed E-state index contributed by atoms with van der Waals surface area (Å²) in [5.74, 6) is 0.650. The highest BCUT2D eigenvalue weighted by molar-refractivity contribution is 9.09. The maximum Gasteiger partial charge on any atom is 0.175 e. The molecule has 1 saturated carbocycles. The Morgan fingerprint density at radius 1 is 1.36 bits per heavy atom. The van der Waals surface area contributed by atoms with Crippen LogP contribution in [0.25, 0.3) is 5.69 Å². The Balaban J connectivity index is 2.13. The quantitative estimate of drug-likeness (QED) is 0.597. The SMILES string of the molecule is Cc1c(C(=O)CBr)cc(C2CCC2)n1-c1ccc(C#N)cc1. The fourth-order valence-corrected chi connectivity index (χ4v) is 3.32. The summed E-state index contributed by atoms with van der Waals surface area (Å²) in [6.07, 6.45) is 3.62. The van der Waals surface area contributed by atoms with Crippen LogP contribution >= 0.6 is 15.9 Å². The number of aromatic nitrogens is 1. The Kier molecular flexibility index (Phi) is 4.17. The molecule has 1 heterocycles. The molecule has 4 heteroatoms. The van der Waals surface area contributed by atoms with Gasteiger partial charge in [0.1, 0.15) is 0 Å². The van der Waals surface area contributed by atoms with Gasteiger partial charge in [0.05, 0.1) is 17.0 Å². The second-order valence-corrected chi connectivity index (χ2v) is 6.31. The zero-order valence-corrected chi connectivity index (χ0v) is 14.1. The summed E-state index contributed by atoms with van der Waals surface area (Å²) >= 11 is 3.27. The lowest BCUT2D eigenvalue weighted by Crippen LogP contribution is -2.14. The average molecular weight is 357 g/mol. The van der Waals surface area contributed by atoms with E-state index < -0.39 is 0 Å². The fraction of sp³-hybridized carbons (Fsp3) is 0.333. The summed E-state index contributed by atoms with van der Waals surface area (Å²) in [6, 6.07) is 11.8. The van der Waals surface area contributed by atoms with Crippen molar-refractivity contribution in [3.63, 3.8) is 0 Å². The number of ketones is 1. The molecule has 1 aromatic heterocycles. The Labute approximate surface area is 138 Å². The molecule has 3 nitrogen and oxygen atoms in total. The second kappa shape index (κ2) is 6.10. The van der Waals surface area contributed by atoms with Gasteiger partial charge in [-0.25, -0.2) is 0 Å². The zero-order chi connectivity index (χ0) is 15.7. The van der Waals surface area contributed by atoms with Gasteiger partial charge in [-0.2, -0.15) is 5.26 Å². The van der Waals surface area contributed by atoms with E-state index in [1.165, 1.54) is 25.0 Å². The molecule has 2 aromatic rings. The predicted molar refractivity (Wildman–Crippen MR) is 89.9 cm³/mol. The summed E-state index contributed by atoms with van der Waals surface area (Å²) in [7, 11) is 0. The minimum absolute atomic E-state index is 0.116. The van der Waals surface area contributed by atoms with Crippen molar-refractivity contribution in [2.75, 3.05) is 5.33 Å². The van der Waals surface area contributed by atoms with Crippen LogP contribution < -0.4 is 0 Å². The monoisotopic (exact) mass is 356 g/mol. The van der Waals surface area contributed by atoms with Crippen molar-refractivity contribution in [1.29, 1.82) is 5.26 Å². The highest BCUT2D eigenvalue weighted by atomic mass is 79.9. The van der Waals surface area contributed by atoms with Crippen LogP contribution in [-0.2, 0) is 0 Å². The normalized spacial score (nSPS) is 14.4. The molecule has 0 spiro atoms. The van der Waals surface area contributed by atoms with Gasteiger partial charge in [0.2, 0.25) is 0 Å². The van der Waals surface area contributed by atoms with E-state index in [9.17, 15) is 4.79 Å². The number of halogens is 1. The third kappa shape index (κ3) is 2.50. The van der Waals surface area contributed by atoms with Gasteiger partial charge in [-0.3, -0.25) is 4.79 Å². The number of Topliss-reactive ketones (excluding diaryl/α,β-unsaturated/α-hetero) is 1. The molecule has 1 fully saturated rings. The number of rotatable bonds is 4. The summed E-state index contributed by atoms with van der Waals surface area (Å²) in [5, 5.41) is 9.29. The van der Waals surface area contributed by atoms with Crippen LogP contribution in [0.15, 0.2) is 30.3 Å². The zero-order valence-electron chi connectivity index (χ0n) is 12.5. The summed E-state index contributed by atoms with van der Waals surface area (Å²) in [5.41, 5.74) is 4.67. The molecule has 0 radical (unpaired) electrons. The van der Waals surface area contributed by atoms with Crippen molar-refractivity contribution in [2.45, 2.75) is 32.1 Å². The van der Waals surface area contributed by atoms with E-state index >= 15 is 0 Å². The first kappa shape index (κ1) is 15.1. The molecule has 1 aliphatic rings. The highest BCUT2D eigenvalue weighted by Crippen LogP contribution is 2.39. The van der Waals surface area contributed by atoms with E-state index in [-0.39, 0.29) is 5.78 Å². The lowest BCUT2D eigenvalue weighted by molar-refractivity contribution is 0.102. The number of nitriles is 1. The van der Waals surface area contributed by atoms with E-state index in [1.54, 1.807) is 0 Å². The molecular weight excluding hydrogens is 340 g/mol. The van der Waals surface area contributed by atoms with Crippen molar-refractivity contribution in [3.05, 3.63) is 52.8 Å². The Bertz CT molecular complexity index is 749. The second-order valence-electron chi connectivity index (χ2n) is 5.75. The molecule has 0 atom stereocenters. The molecule has 112 valence electrons. The Morgan fingerprint density at radius 3 is 2.55 bits per heavy atom. The molecule has 0 amide bonds. The van der Waals surface area contributed by atoms with Gasteiger partial charge >= 0.3 is 0 Å². The van der Waals surface area contributed by atoms with Crippen LogP contribution in [0.5, 0.6) is 0 Å². The number of hydrogen-bond donors (Lipinski definition) is 0. The molecule has 0 saturated heterocycles. The number of carbonyl (C=O) groups is 1. The van der Waals surface area contributed by atoms with Gasteiger partial charge < -0.3 is 4.57 Å². The summed E-state index contributed by atoms with van der Waals surface area (Å²) < 4.78 is 2.18. The number of hydrogen-bond acceptors (Lipinski definition) is 2. The van der Waals surface area contributed by atoms with Crippen LogP contribution in [0.3, 0.4) is 0 Å². The standard InChI is InChI=1S/C18H17BrN2O/c1-12-16(18(22)10-19)9-17(14-3-2-4-14)21(12)15-7-5-13(11-20)6-8-15/h5-9,14H,2-4,10H2,1H3. The minimum Gasteiger partial charge on any atom is -0.317 e. The van der Waals surface area contributed by atoms with Gasteiger partial charge in [-0.15, -0.1) is 0 Å². The van der Waals surface area contributed by atoms with Crippen LogP contribution in [0, 0.1) is 18.3 Å². The Morgan fingerprint density at radius 2 is 2.05 bits per heavy atom. The van der Waals surface area contributed by atoms with E-state index in [1.807, 2.05) is 31.2 Å². The number of alkyl halides is 1. The van der Waals surface area contributed by atoms with Crippen LogP contribution in [0.4, 0.5) is 0 Å². The van der Waals surface area contributed by atoms with E-state index in [0.717, 1.165) is 16.9 Å². The largest absolute Gasteiger partial charge is 0.317 e. The smallest absolute Gasteiger partial charge is 0.175 e. The van der Waals surface area contributed by atoms with Gasteiger partial charge in [0.15, 0.2) is 5.78 Å². The van der Waals surface area contributed by atoms with E-state index in [4.69, 9.17) is 5.26 Å². The summed E-state index contributed by atoms with van der Waals surface area (Å²) in [6.45, 7) is 2.00. The lowest BCUT2D eigenvalue weighted by Gasteiger charge is -2.27. The van der Waals surface area contributed by atoms with Crippen molar-refractivity contribution >= 4 is 21.7 Å². The number of nitrogens with zero attached hydrogens (tertiary/aromatic N) is 2. The van der Waals surface area contributed by atoms with Gasteiger partial charge in [0, 0.05) is 22.6 Å². The minimum atomic E-state index is 0.116. The highest BCUT2D eigenvalue weighted by Gasteiger charge is 2.27. The molecule has 0 bridgehead atoms. The molecule has 3 rings (SSSR count). The van der Waals surface area contributed by atoms with Gasteiger partial charge in [0.25, 0.3) is 0 Å². The molecule has 1 aromatic carbocycles. The molecule has 22 heavy (non-hydrogen) atoms. The number of benzene rings is 1. The molecular formula is C18H17BrN2O. The van der Waals surface area contributed by atoms with Gasteiger partial charge in [-0.05, 0) is 56.0 Å². The first-order valence-corrected chi connectivity index (χ1v) is 8.59. The van der Waals surface area contributed by atoms with E-state index in [0.29, 0.717) is 16.8 Å². The molecule has 1 aliphatic carbocycles. The maximum absolute atomic E-state index is 12.2. The molecule has 0 N–H and O–H groups in total. The molecule has 0 aliphatic heterocycles. The topological polar surface area (TPSA) is 45.8 Å². The fourth-order valence-electron chi connectivity index (χ4n) is 3.02. The van der Waals surface area contributed by atoms with Crippen LogP contribution in [0.2, 0.25) is 0 Å². The lowest BCUT2D eigenvalue weighted by atomic mass is 9.82. The van der Waals surface area contributed by atoms with Gasteiger partial charge in [-0.1, -0.05) is 22.4 Å². The first-order chi connectivity index (χ1) is 10.7. The first-order valence-electron chi connectivity index (χ1n) is 7.47. The predicted octanol–water partition coefficient (Wildman–Crippen LogP) is 4.50. The third-order valence-corrected chi connectivity index (χ3v) is 4.98. The number of carbonyl (C=O) groups excluding carboxylic acids is 1. The van der Waals surface area contributed by atoms with Crippen LogP contribution in [0.1, 0.15) is 52.5 Å². The molecule has 0 unspecified atom stereocenters. The third-order valence-electron chi connectivity index (χ3n) is 4.48.